The van der Waals surface area contributed by atoms with Crippen LogP contribution in [0.4, 0.5) is 20.4 Å². The summed E-state index contributed by atoms with van der Waals surface area (Å²) in [7, 11) is 0. The summed E-state index contributed by atoms with van der Waals surface area (Å²) >= 11 is 0. The monoisotopic (exact) mass is 477 g/mol. The van der Waals surface area contributed by atoms with Crippen LogP contribution in [0.15, 0.2) is 47.5 Å². The van der Waals surface area contributed by atoms with Crippen molar-refractivity contribution in [2.45, 2.75) is 39.8 Å². The van der Waals surface area contributed by atoms with Crippen molar-refractivity contribution < 1.29 is 8.78 Å². The third-order valence-corrected chi connectivity index (χ3v) is 5.72. The summed E-state index contributed by atoms with van der Waals surface area (Å²) in [5, 5.41) is 12.0. The summed E-state index contributed by atoms with van der Waals surface area (Å²) in [6.07, 6.45) is 1.92. The Morgan fingerprint density at radius 1 is 1.20 bits per heavy atom. The fraction of sp³-hybridized carbons (Fsp3) is 0.240. The summed E-state index contributed by atoms with van der Waals surface area (Å²) in [4.78, 5) is 26.0. The molecule has 1 unspecified atom stereocenters. The van der Waals surface area contributed by atoms with E-state index >= 15 is 0 Å². The molecule has 35 heavy (non-hydrogen) atoms. The molecule has 4 N–H and O–H groups in total. The number of hydrogen-bond acceptors (Lipinski definition) is 7. The Morgan fingerprint density at radius 2 is 1.97 bits per heavy atom. The summed E-state index contributed by atoms with van der Waals surface area (Å²) < 4.78 is 29.4. The molecule has 0 aliphatic heterocycles. The SMILES string of the molecule is CCCn1c(C(C)Nc2ncnc(N)c2C(=N)c2ccc(C)c(F)c2)nc2ccc(F)cc2c1=O. The van der Waals surface area contributed by atoms with Gasteiger partial charge in [0.2, 0.25) is 0 Å². The maximum atomic E-state index is 14.2. The number of hydrogen-bond donors (Lipinski definition) is 3. The smallest absolute Gasteiger partial charge is 0.261 e. The van der Waals surface area contributed by atoms with E-state index in [2.05, 4.69) is 20.3 Å². The van der Waals surface area contributed by atoms with Crippen molar-refractivity contribution in [2.24, 2.45) is 0 Å². The topological polar surface area (TPSA) is 123 Å². The molecule has 10 heteroatoms. The van der Waals surface area contributed by atoms with Gasteiger partial charge in [0.1, 0.15) is 35.4 Å². The van der Waals surface area contributed by atoms with Crippen LogP contribution in [-0.4, -0.2) is 25.2 Å². The van der Waals surface area contributed by atoms with Gasteiger partial charge in [-0.25, -0.2) is 23.7 Å². The fourth-order valence-corrected chi connectivity index (χ4v) is 3.90. The number of aryl methyl sites for hydroxylation is 1. The molecule has 8 nitrogen and oxygen atoms in total. The molecule has 0 aliphatic rings. The molecule has 0 saturated carbocycles. The minimum Gasteiger partial charge on any atom is -0.383 e. The highest BCUT2D eigenvalue weighted by atomic mass is 19.1. The minimum absolute atomic E-state index is 0.0496. The molecule has 0 radical (unpaired) electrons. The van der Waals surface area contributed by atoms with Crippen molar-refractivity contribution >= 4 is 28.3 Å². The van der Waals surface area contributed by atoms with Crippen molar-refractivity contribution in [2.75, 3.05) is 11.1 Å². The Hall–Kier alpha value is -4.21. The molecule has 1 atom stereocenters. The number of nitrogens with two attached hydrogens (primary N) is 1. The van der Waals surface area contributed by atoms with Gasteiger partial charge in [0.15, 0.2) is 0 Å². The normalized spacial score (nSPS) is 12.0. The van der Waals surface area contributed by atoms with Gasteiger partial charge >= 0.3 is 0 Å². The summed E-state index contributed by atoms with van der Waals surface area (Å²) in [6, 6.07) is 7.84. The van der Waals surface area contributed by atoms with E-state index in [1.165, 1.54) is 35.2 Å². The Bertz CT molecular complexity index is 1500. The second kappa shape index (κ2) is 9.57. The molecule has 2 heterocycles. The van der Waals surface area contributed by atoms with E-state index in [1.54, 1.807) is 26.0 Å². The zero-order valence-corrected chi connectivity index (χ0v) is 19.6. The van der Waals surface area contributed by atoms with Gasteiger partial charge in [0, 0.05) is 12.1 Å². The highest BCUT2D eigenvalue weighted by Crippen LogP contribution is 2.26. The molecule has 4 rings (SSSR count). The maximum Gasteiger partial charge on any atom is 0.261 e. The predicted octanol–water partition coefficient (Wildman–Crippen LogP) is 4.35. The van der Waals surface area contributed by atoms with Gasteiger partial charge < -0.3 is 11.1 Å². The van der Waals surface area contributed by atoms with E-state index in [9.17, 15) is 13.6 Å². The Morgan fingerprint density at radius 3 is 2.69 bits per heavy atom. The van der Waals surface area contributed by atoms with Gasteiger partial charge in [0.05, 0.1) is 28.2 Å². The van der Waals surface area contributed by atoms with E-state index in [0.29, 0.717) is 35.4 Å². The van der Waals surface area contributed by atoms with E-state index in [-0.39, 0.29) is 33.9 Å². The fourth-order valence-electron chi connectivity index (χ4n) is 3.90. The second-order valence-corrected chi connectivity index (χ2v) is 8.28. The molecule has 0 fully saturated rings. The number of fused-ring (bicyclic) bond motifs is 1. The molecule has 0 bridgehead atoms. The Kier molecular flexibility index (Phi) is 6.54. The van der Waals surface area contributed by atoms with E-state index in [4.69, 9.17) is 11.1 Å². The van der Waals surface area contributed by atoms with Crippen LogP contribution in [0.1, 0.15) is 48.8 Å². The number of nitrogen functional groups attached to an aromatic ring is 1. The van der Waals surface area contributed by atoms with Crippen LogP contribution in [0.2, 0.25) is 0 Å². The van der Waals surface area contributed by atoms with Crippen molar-refractivity contribution in [1.82, 2.24) is 19.5 Å². The third kappa shape index (κ3) is 4.59. The lowest BCUT2D eigenvalue weighted by Crippen LogP contribution is -2.29. The van der Waals surface area contributed by atoms with Crippen LogP contribution in [0.3, 0.4) is 0 Å². The molecule has 0 saturated heterocycles. The highest BCUT2D eigenvalue weighted by molar-refractivity contribution is 6.16. The average molecular weight is 478 g/mol. The molecule has 0 aliphatic carbocycles. The van der Waals surface area contributed by atoms with Crippen LogP contribution in [0.5, 0.6) is 0 Å². The molecular formula is C25H25F2N7O. The molecular weight excluding hydrogens is 452 g/mol. The van der Waals surface area contributed by atoms with Gasteiger partial charge in [-0.15, -0.1) is 0 Å². The number of aromatic nitrogens is 4. The van der Waals surface area contributed by atoms with E-state index < -0.39 is 17.7 Å². The molecule has 4 aromatic rings. The molecule has 2 aromatic carbocycles. The summed E-state index contributed by atoms with van der Waals surface area (Å²) in [5.74, 6) is -0.232. The van der Waals surface area contributed by atoms with Crippen LogP contribution in [-0.2, 0) is 6.54 Å². The van der Waals surface area contributed by atoms with Crippen LogP contribution >= 0.6 is 0 Å². The number of anilines is 2. The van der Waals surface area contributed by atoms with Crippen LogP contribution < -0.4 is 16.6 Å². The highest BCUT2D eigenvalue weighted by Gasteiger charge is 2.22. The van der Waals surface area contributed by atoms with Crippen LogP contribution in [0.25, 0.3) is 10.9 Å². The first-order valence-electron chi connectivity index (χ1n) is 11.1. The van der Waals surface area contributed by atoms with Gasteiger partial charge in [-0.1, -0.05) is 19.1 Å². The number of halogens is 2. The minimum atomic E-state index is -0.542. The molecule has 0 spiro atoms. The zero-order valence-electron chi connectivity index (χ0n) is 19.6. The maximum absolute atomic E-state index is 14.2. The Labute approximate surface area is 200 Å². The third-order valence-electron chi connectivity index (χ3n) is 5.72. The lowest BCUT2D eigenvalue weighted by molar-refractivity contribution is 0.581. The number of nitrogens with one attached hydrogen (secondary N) is 2. The van der Waals surface area contributed by atoms with Crippen molar-refractivity contribution in [3.05, 3.63) is 87.2 Å². The molecule has 0 amide bonds. The van der Waals surface area contributed by atoms with Crippen LogP contribution in [0, 0.1) is 24.0 Å². The molecule has 180 valence electrons. The second-order valence-electron chi connectivity index (χ2n) is 8.28. The summed E-state index contributed by atoms with van der Waals surface area (Å²) in [5.41, 5.74) is 7.06. The summed E-state index contributed by atoms with van der Waals surface area (Å²) in [6.45, 7) is 5.74. The van der Waals surface area contributed by atoms with Crippen molar-refractivity contribution in [3.8, 4) is 0 Å². The van der Waals surface area contributed by atoms with E-state index in [0.717, 1.165) is 0 Å². The lowest BCUT2D eigenvalue weighted by Gasteiger charge is -2.21. The predicted molar refractivity (Wildman–Crippen MR) is 132 cm³/mol. The first-order chi connectivity index (χ1) is 16.7. The van der Waals surface area contributed by atoms with Gasteiger partial charge in [-0.2, -0.15) is 0 Å². The van der Waals surface area contributed by atoms with Gasteiger partial charge in [-0.3, -0.25) is 14.8 Å². The van der Waals surface area contributed by atoms with Gasteiger partial charge in [0.25, 0.3) is 5.56 Å². The Balaban J connectivity index is 1.78. The largest absolute Gasteiger partial charge is 0.383 e. The van der Waals surface area contributed by atoms with Crippen molar-refractivity contribution in [3.63, 3.8) is 0 Å². The number of rotatable bonds is 7. The standard InChI is InChI=1S/C25H25F2N7O/c1-4-9-34-24(33-19-8-7-16(26)11-17(19)25(34)35)14(3)32-23-20(22(29)30-12-31-23)21(28)15-6-5-13(2)18(27)10-15/h5-8,10-12,14,28H,4,9H2,1-3H3,(H3,29,30,31,32). The zero-order chi connectivity index (χ0) is 25.3. The quantitative estimate of drug-likeness (QED) is 0.340. The number of benzene rings is 2. The van der Waals surface area contributed by atoms with E-state index in [1.807, 2.05) is 6.92 Å². The lowest BCUT2D eigenvalue weighted by atomic mass is 10.0. The average Bonchev–Trinajstić information content (AvgIpc) is 2.82. The van der Waals surface area contributed by atoms with Gasteiger partial charge in [-0.05, 0) is 50.1 Å². The van der Waals surface area contributed by atoms with Crippen molar-refractivity contribution in [1.29, 1.82) is 5.41 Å². The first kappa shape index (κ1) is 23.9. The molecule has 2 aromatic heterocycles. The number of nitrogens with zero attached hydrogens (tertiary/aromatic N) is 4. The first-order valence-corrected chi connectivity index (χ1v) is 11.1.